The molecule has 0 atom stereocenters. The first-order valence-electron chi connectivity index (χ1n) is 8.88. The summed E-state index contributed by atoms with van der Waals surface area (Å²) < 4.78 is 27.9. The highest BCUT2D eigenvalue weighted by atomic mass is 32.2. The molecule has 6 heteroatoms. The summed E-state index contributed by atoms with van der Waals surface area (Å²) in [5.41, 5.74) is 3.36. The molecular formula is C22H22N2O3S. The highest BCUT2D eigenvalue weighted by molar-refractivity contribution is 7.92. The summed E-state index contributed by atoms with van der Waals surface area (Å²) in [5, 5.41) is 2.87. The molecule has 0 saturated heterocycles. The van der Waals surface area contributed by atoms with E-state index in [9.17, 15) is 13.2 Å². The quantitative estimate of drug-likeness (QED) is 0.663. The number of hydrogen-bond acceptors (Lipinski definition) is 3. The molecule has 28 heavy (non-hydrogen) atoms. The van der Waals surface area contributed by atoms with Crippen LogP contribution in [0.3, 0.4) is 0 Å². The van der Waals surface area contributed by atoms with Crippen LogP contribution in [0.2, 0.25) is 0 Å². The van der Waals surface area contributed by atoms with E-state index in [-0.39, 0.29) is 10.8 Å². The van der Waals surface area contributed by atoms with E-state index in [4.69, 9.17) is 0 Å². The van der Waals surface area contributed by atoms with Gasteiger partial charge >= 0.3 is 0 Å². The van der Waals surface area contributed by atoms with Crippen LogP contribution < -0.4 is 10.0 Å². The molecule has 2 N–H and O–H groups in total. The summed E-state index contributed by atoms with van der Waals surface area (Å²) in [7, 11) is -3.73. The minimum absolute atomic E-state index is 0.177. The lowest BCUT2D eigenvalue weighted by Gasteiger charge is -2.14. The number of nitrogens with one attached hydrogen (secondary N) is 2. The van der Waals surface area contributed by atoms with E-state index in [0.717, 1.165) is 11.1 Å². The maximum atomic E-state index is 12.6. The van der Waals surface area contributed by atoms with E-state index < -0.39 is 10.0 Å². The Balaban J connectivity index is 1.78. The lowest BCUT2D eigenvalue weighted by atomic mass is 10.1. The zero-order valence-electron chi connectivity index (χ0n) is 15.8. The van der Waals surface area contributed by atoms with Crippen molar-refractivity contribution in [2.75, 3.05) is 4.72 Å². The first-order chi connectivity index (χ1) is 13.4. The molecule has 144 valence electrons. The SMILES string of the molecule is Cc1ccc(S(=O)(=O)Nc2cccc(C(=O)NCc3ccccc3)c2C)cc1. The van der Waals surface area contributed by atoms with Gasteiger partial charge in [-0.25, -0.2) is 8.42 Å². The van der Waals surface area contributed by atoms with E-state index in [2.05, 4.69) is 10.0 Å². The summed E-state index contributed by atoms with van der Waals surface area (Å²) in [6.07, 6.45) is 0. The van der Waals surface area contributed by atoms with Crippen LogP contribution in [0.15, 0.2) is 77.7 Å². The Morgan fingerprint density at radius 3 is 2.21 bits per heavy atom. The predicted molar refractivity (Wildman–Crippen MR) is 111 cm³/mol. The summed E-state index contributed by atoms with van der Waals surface area (Å²) in [6, 6.07) is 21.2. The van der Waals surface area contributed by atoms with Crippen LogP contribution in [-0.2, 0) is 16.6 Å². The normalized spacial score (nSPS) is 11.1. The molecule has 0 aliphatic heterocycles. The standard InChI is InChI=1S/C22H22N2O3S/c1-16-11-13-19(14-12-16)28(26,27)24-21-10-6-9-20(17(21)2)22(25)23-15-18-7-4-3-5-8-18/h3-14,24H,15H2,1-2H3,(H,23,25). The first-order valence-corrected chi connectivity index (χ1v) is 10.4. The average molecular weight is 394 g/mol. The number of sulfonamides is 1. The fourth-order valence-corrected chi connectivity index (χ4v) is 3.91. The third kappa shape index (κ3) is 4.58. The van der Waals surface area contributed by atoms with Crippen molar-refractivity contribution in [1.82, 2.24) is 5.32 Å². The number of carbonyl (C=O) groups is 1. The van der Waals surface area contributed by atoms with Gasteiger partial charge in [-0.1, -0.05) is 54.1 Å². The van der Waals surface area contributed by atoms with Crippen molar-refractivity contribution in [3.8, 4) is 0 Å². The molecule has 0 saturated carbocycles. The minimum atomic E-state index is -3.73. The highest BCUT2D eigenvalue weighted by Gasteiger charge is 2.18. The van der Waals surface area contributed by atoms with Crippen LogP contribution in [0, 0.1) is 13.8 Å². The number of anilines is 1. The van der Waals surface area contributed by atoms with Crippen LogP contribution in [-0.4, -0.2) is 14.3 Å². The maximum absolute atomic E-state index is 12.6. The molecule has 0 radical (unpaired) electrons. The zero-order chi connectivity index (χ0) is 20.1. The van der Waals surface area contributed by atoms with Crippen molar-refractivity contribution < 1.29 is 13.2 Å². The predicted octanol–water partition coefficient (Wildman–Crippen LogP) is 4.03. The molecule has 0 aliphatic carbocycles. The summed E-state index contributed by atoms with van der Waals surface area (Å²) in [4.78, 5) is 12.8. The molecule has 5 nitrogen and oxygen atoms in total. The van der Waals surface area contributed by atoms with Gasteiger partial charge in [0, 0.05) is 12.1 Å². The summed E-state index contributed by atoms with van der Waals surface area (Å²) >= 11 is 0. The Morgan fingerprint density at radius 1 is 0.857 bits per heavy atom. The molecule has 0 heterocycles. The molecular weight excluding hydrogens is 372 g/mol. The van der Waals surface area contributed by atoms with E-state index in [1.807, 2.05) is 37.3 Å². The molecule has 0 aromatic heterocycles. The van der Waals surface area contributed by atoms with Gasteiger partial charge in [0.2, 0.25) is 0 Å². The van der Waals surface area contributed by atoms with Gasteiger partial charge in [0.25, 0.3) is 15.9 Å². The van der Waals surface area contributed by atoms with Crippen molar-refractivity contribution in [1.29, 1.82) is 0 Å². The smallest absolute Gasteiger partial charge is 0.261 e. The first kappa shape index (κ1) is 19.6. The Labute approximate surface area is 165 Å². The third-order valence-electron chi connectivity index (χ3n) is 4.45. The molecule has 0 bridgehead atoms. The molecule has 1 amide bonds. The second kappa shape index (κ2) is 8.27. The van der Waals surface area contributed by atoms with E-state index in [1.54, 1.807) is 49.4 Å². The second-order valence-electron chi connectivity index (χ2n) is 6.56. The van der Waals surface area contributed by atoms with Crippen LogP contribution in [0.1, 0.15) is 27.0 Å². The van der Waals surface area contributed by atoms with Crippen LogP contribution in [0.4, 0.5) is 5.69 Å². The van der Waals surface area contributed by atoms with Gasteiger partial charge in [-0.05, 0) is 49.2 Å². The van der Waals surface area contributed by atoms with Crippen molar-refractivity contribution in [2.45, 2.75) is 25.3 Å². The van der Waals surface area contributed by atoms with Crippen molar-refractivity contribution >= 4 is 21.6 Å². The largest absolute Gasteiger partial charge is 0.348 e. The average Bonchev–Trinajstić information content (AvgIpc) is 2.69. The van der Waals surface area contributed by atoms with Crippen molar-refractivity contribution in [3.05, 3.63) is 95.1 Å². The second-order valence-corrected chi connectivity index (χ2v) is 8.25. The Morgan fingerprint density at radius 2 is 1.54 bits per heavy atom. The van der Waals surface area contributed by atoms with E-state index >= 15 is 0 Å². The van der Waals surface area contributed by atoms with Crippen molar-refractivity contribution in [2.24, 2.45) is 0 Å². The van der Waals surface area contributed by atoms with Crippen LogP contribution in [0.5, 0.6) is 0 Å². The van der Waals surface area contributed by atoms with Gasteiger partial charge in [-0.3, -0.25) is 9.52 Å². The fraction of sp³-hybridized carbons (Fsp3) is 0.136. The zero-order valence-corrected chi connectivity index (χ0v) is 16.6. The van der Waals surface area contributed by atoms with Gasteiger partial charge in [0.15, 0.2) is 0 Å². The molecule has 0 fully saturated rings. The number of aryl methyl sites for hydroxylation is 1. The molecule has 0 unspecified atom stereocenters. The van der Waals surface area contributed by atoms with Crippen molar-refractivity contribution in [3.63, 3.8) is 0 Å². The topological polar surface area (TPSA) is 75.3 Å². The summed E-state index contributed by atoms with van der Waals surface area (Å²) in [6.45, 7) is 4.02. The Hall–Kier alpha value is -3.12. The number of amides is 1. The molecule has 3 aromatic rings. The third-order valence-corrected chi connectivity index (χ3v) is 5.83. The number of rotatable bonds is 6. The van der Waals surface area contributed by atoms with Gasteiger partial charge in [-0.2, -0.15) is 0 Å². The van der Waals surface area contributed by atoms with Gasteiger partial charge in [0.1, 0.15) is 0 Å². The lowest BCUT2D eigenvalue weighted by molar-refractivity contribution is 0.0950. The molecule has 3 rings (SSSR count). The highest BCUT2D eigenvalue weighted by Crippen LogP contribution is 2.23. The molecule has 0 aliphatic rings. The van der Waals surface area contributed by atoms with Crippen LogP contribution in [0.25, 0.3) is 0 Å². The number of benzene rings is 3. The Bertz CT molecular complexity index is 1080. The van der Waals surface area contributed by atoms with Crippen LogP contribution >= 0.6 is 0 Å². The van der Waals surface area contributed by atoms with E-state index in [0.29, 0.717) is 23.4 Å². The van der Waals surface area contributed by atoms with Gasteiger partial charge in [0.05, 0.1) is 10.6 Å². The molecule has 0 spiro atoms. The van der Waals surface area contributed by atoms with Gasteiger partial charge in [-0.15, -0.1) is 0 Å². The fourth-order valence-electron chi connectivity index (χ4n) is 2.79. The van der Waals surface area contributed by atoms with E-state index in [1.165, 1.54) is 0 Å². The monoisotopic (exact) mass is 394 g/mol. The maximum Gasteiger partial charge on any atom is 0.261 e. The summed E-state index contributed by atoms with van der Waals surface area (Å²) in [5.74, 6) is -0.252. The van der Waals surface area contributed by atoms with Gasteiger partial charge < -0.3 is 5.32 Å². The Kier molecular flexibility index (Phi) is 5.80. The molecule has 3 aromatic carbocycles. The lowest BCUT2D eigenvalue weighted by Crippen LogP contribution is -2.24. The minimum Gasteiger partial charge on any atom is -0.348 e. The number of carbonyl (C=O) groups excluding carboxylic acids is 1. The number of hydrogen-bond donors (Lipinski definition) is 2.